The maximum absolute atomic E-state index is 5.77. The highest BCUT2D eigenvalue weighted by molar-refractivity contribution is 7.09. The molecule has 1 atom stereocenters. The predicted octanol–water partition coefficient (Wildman–Crippen LogP) is 1.70. The minimum atomic E-state index is -0.0733. The van der Waals surface area contributed by atoms with Gasteiger partial charge in [0.15, 0.2) is 0 Å². The van der Waals surface area contributed by atoms with Gasteiger partial charge in [-0.1, -0.05) is 6.07 Å². The van der Waals surface area contributed by atoms with E-state index in [1.54, 1.807) is 22.2 Å². The molecule has 0 aliphatic heterocycles. The van der Waals surface area contributed by atoms with Crippen LogP contribution in [0.3, 0.4) is 0 Å². The normalized spacial score (nSPS) is 12.9. The molecule has 2 aromatic rings. The fourth-order valence-electron chi connectivity index (χ4n) is 1.48. The fraction of sp³-hybridized carbons (Fsp3) is 0.364. The van der Waals surface area contributed by atoms with Crippen LogP contribution in [0, 0.1) is 0 Å². The van der Waals surface area contributed by atoms with Gasteiger partial charge in [-0.25, -0.2) is 0 Å². The lowest BCUT2D eigenvalue weighted by molar-refractivity contribution is 0.0472. The Hall–Kier alpha value is -1.17. The topological polar surface area (TPSA) is 53.1 Å². The number of hydrogen-bond donors (Lipinski definition) is 1. The molecule has 0 aliphatic carbocycles. The maximum Gasteiger partial charge on any atom is 0.0982 e. The van der Waals surface area contributed by atoms with Crippen LogP contribution < -0.4 is 5.73 Å². The average molecular weight is 237 g/mol. The Morgan fingerprint density at radius 2 is 2.50 bits per heavy atom. The summed E-state index contributed by atoms with van der Waals surface area (Å²) < 4.78 is 7.52. The first-order valence-electron chi connectivity index (χ1n) is 5.12. The van der Waals surface area contributed by atoms with Gasteiger partial charge >= 0.3 is 0 Å². The molecule has 0 fully saturated rings. The van der Waals surface area contributed by atoms with Crippen molar-refractivity contribution < 1.29 is 4.74 Å². The van der Waals surface area contributed by atoms with Gasteiger partial charge in [-0.2, -0.15) is 5.10 Å². The third kappa shape index (κ3) is 2.69. The Balaban J connectivity index is 1.96. The number of rotatable bonds is 5. The van der Waals surface area contributed by atoms with Crippen molar-refractivity contribution in [2.24, 2.45) is 12.8 Å². The molecule has 4 nitrogen and oxygen atoms in total. The lowest BCUT2D eigenvalue weighted by atomic mass is 10.2. The zero-order valence-corrected chi connectivity index (χ0v) is 9.98. The highest BCUT2D eigenvalue weighted by Gasteiger charge is 2.12. The number of nitrogens with two attached hydrogens (primary N) is 1. The molecule has 0 amide bonds. The van der Waals surface area contributed by atoms with Crippen LogP contribution in [0.15, 0.2) is 29.9 Å². The van der Waals surface area contributed by atoms with Crippen molar-refractivity contribution in [2.75, 3.05) is 6.54 Å². The van der Waals surface area contributed by atoms with Crippen molar-refractivity contribution in [3.05, 3.63) is 40.3 Å². The first kappa shape index (κ1) is 11.3. The average Bonchev–Trinajstić information content (AvgIpc) is 2.91. The Morgan fingerprint density at radius 3 is 3.06 bits per heavy atom. The second kappa shape index (κ2) is 5.25. The highest BCUT2D eigenvalue weighted by Crippen LogP contribution is 2.19. The van der Waals surface area contributed by atoms with Crippen molar-refractivity contribution in [3.63, 3.8) is 0 Å². The van der Waals surface area contributed by atoms with Crippen LogP contribution in [0.2, 0.25) is 0 Å². The van der Waals surface area contributed by atoms with Crippen molar-refractivity contribution in [2.45, 2.75) is 12.7 Å². The van der Waals surface area contributed by atoms with Crippen LogP contribution in [0.5, 0.6) is 0 Å². The van der Waals surface area contributed by atoms with E-state index in [4.69, 9.17) is 10.5 Å². The molecule has 2 rings (SSSR count). The minimum absolute atomic E-state index is 0.0733. The van der Waals surface area contributed by atoms with E-state index in [9.17, 15) is 0 Å². The van der Waals surface area contributed by atoms with E-state index >= 15 is 0 Å². The number of thiophene rings is 1. The molecular weight excluding hydrogens is 222 g/mol. The number of nitrogens with zero attached hydrogens (tertiary/aromatic N) is 2. The smallest absolute Gasteiger partial charge is 0.0982 e. The molecule has 0 saturated carbocycles. The Kier molecular flexibility index (Phi) is 3.71. The van der Waals surface area contributed by atoms with Gasteiger partial charge in [0.05, 0.1) is 18.9 Å². The molecule has 0 spiro atoms. The molecule has 0 aromatic carbocycles. The van der Waals surface area contributed by atoms with Gasteiger partial charge in [0, 0.05) is 30.2 Å². The number of ether oxygens (including phenoxy) is 1. The van der Waals surface area contributed by atoms with Crippen LogP contribution in [-0.2, 0) is 18.4 Å². The standard InChI is InChI=1S/C11H15N3OS/c1-14-7-9(6-13-14)11(5-12)15-8-10-3-2-4-16-10/h2-4,6-7,11H,5,8,12H2,1H3. The molecule has 16 heavy (non-hydrogen) atoms. The molecule has 0 aliphatic rings. The molecule has 2 aromatic heterocycles. The Morgan fingerprint density at radius 1 is 1.62 bits per heavy atom. The highest BCUT2D eigenvalue weighted by atomic mass is 32.1. The number of aryl methyl sites for hydroxylation is 1. The number of hydrogen-bond acceptors (Lipinski definition) is 4. The summed E-state index contributed by atoms with van der Waals surface area (Å²) in [5, 5.41) is 6.16. The van der Waals surface area contributed by atoms with E-state index in [0.717, 1.165) is 5.56 Å². The van der Waals surface area contributed by atoms with Gasteiger partial charge in [-0.15, -0.1) is 11.3 Å². The van der Waals surface area contributed by atoms with Crippen LogP contribution in [0.1, 0.15) is 16.5 Å². The van der Waals surface area contributed by atoms with Gasteiger partial charge < -0.3 is 10.5 Å². The first-order valence-corrected chi connectivity index (χ1v) is 6.00. The molecule has 5 heteroatoms. The molecule has 1 unspecified atom stereocenters. The van der Waals surface area contributed by atoms with Crippen molar-refractivity contribution in [1.29, 1.82) is 0 Å². The summed E-state index contributed by atoms with van der Waals surface area (Å²) in [5.74, 6) is 0. The van der Waals surface area contributed by atoms with Crippen molar-refractivity contribution in [3.8, 4) is 0 Å². The van der Waals surface area contributed by atoms with Crippen LogP contribution in [-0.4, -0.2) is 16.3 Å². The quantitative estimate of drug-likeness (QED) is 0.861. The van der Waals surface area contributed by atoms with E-state index in [0.29, 0.717) is 13.2 Å². The Labute approximate surface area is 98.6 Å². The summed E-state index contributed by atoms with van der Waals surface area (Å²) in [6.45, 7) is 1.07. The van der Waals surface area contributed by atoms with Gasteiger partial charge in [-0.05, 0) is 11.4 Å². The molecule has 0 bridgehead atoms. The fourth-order valence-corrected chi connectivity index (χ4v) is 2.11. The largest absolute Gasteiger partial charge is 0.367 e. The third-order valence-corrected chi connectivity index (χ3v) is 3.17. The maximum atomic E-state index is 5.77. The van der Waals surface area contributed by atoms with E-state index in [1.807, 2.05) is 24.7 Å². The molecular formula is C11H15N3OS. The summed E-state index contributed by atoms with van der Waals surface area (Å²) >= 11 is 1.69. The van der Waals surface area contributed by atoms with Crippen LogP contribution in [0.4, 0.5) is 0 Å². The second-order valence-corrected chi connectivity index (χ2v) is 4.59. The second-order valence-electron chi connectivity index (χ2n) is 3.56. The van der Waals surface area contributed by atoms with Crippen molar-refractivity contribution >= 4 is 11.3 Å². The predicted molar refractivity (Wildman–Crippen MR) is 64.1 cm³/mol. The van der Waals surface area contributed by atoms with Gasteiger partial charge in [0.1, 0.15) is 0 Å². The van der Waals surface area contributed by atoms with E-state index < -0.39 is 0 Å². The number of aromatic nitrogens is 2. The third-order valence-electron chi connectivity index (χ3n) is 2.32. The summed E-state index contributed by atoms with van der Waals surface area (Å²) in [6.07, 6.45) is 3.66. The van der Waals surface area contributed by atoms with E-state index in [1.165, 1.54) is 4.88 Å². The molecule has 2 heterocycles. The monoisotopic (exact) mass is 237 g/mol. The van der Waals surface area contributed by atoms with Crippen LogP contribution >= 0.6 is 11.3 Å². The molecule has 0 saturated heterocycles. The lowest BCUT2D eigenvalue weighted by Gasteiger charge is -2.13. The lowest BCUT2D eigenvalue weighted by Crippen LogP contribution is -2.15. The van der Waals surface area contributed by atoms with E-state index in [-0.39, 0.29) is 6.10 Å². The van der Waals surface area contributed by atoms with Gasteiger partial charge in [-0.3, -0.25) is 4.68 Å². The molecule has 86 valence electrons. The zero-order chi connectivity index (χ0) is 11.4. The minimum Gasteiger partial charge on any atom is -0.367 e. The SMILES string of the molecule is Cn1cc(C(CN)OCc2cccs2)cn1. The summed E-state index contributed by atoms with van der Waals surface area (Å²) in [5.41, 5.74) is 6.72. The summed E-state index contributed by atoms with van der Waals surface area (Å²) in [6, 6.07) is 4.08. The van der Waals surface area contributed by atoms with Gasteiger partial charge in [0.25, 0.3) is 0 Å². The summed E-state index contributed by atoms with van der Waals surface area (Å²) in [7, 11) is 1.89. The molecule has 2 N–H and O–H groups in total. The summed E-state index contributed by atoms with van der Waals surface area (Å²) in [4.78, 5) is 1.21. The van der Waals surface area contributed by atoms with Crippen LogP contribution in [0.25, 0.3) is 0 Å². The molecule has 0 radical (unpaired) electrons. The first-order chi connectivity index (χ1) is 7.79. The van der Waals surface area contributed by atoms with Gasteiger partial charge in [0.2, 0.25) is 0 Å². The van der Waals surface area contributed by atoms with E-state index in [2.05, 4.69) is 11.2 Å². The Bertz CT molecular complexity index is 424. The zero-order valence-electron chi connectivity index (χ0n) is 9.17. The van der Waals surface area contributed by atoms with Crippen molar-refractivity contribution in [1.82, 2.24) is 9.78 Å².